The Bertz CT molecular complexity index is 1070. The molecule has 0 unspecified atom stereocenters. The first-order valence-corrected chi connectivity index (χ1v) is 9.52. The number of nitro groups is 1. The van der Waals surface area contributed by atoms with Crippen LogP contribution >= 0.6 is 0 Å². The van der Waals surface area contributed by atoms with Gasteiger partial charge in [-0.2, -0.15) is 0 Å². The lowest BCUT2D eigenvalue weighted by Gasteiger charge is -2.26. The summed E-state index contributed by atoms with van der Waals surface area (Å²) in [6.45, 7) is 5.83. The van der Waals surface area contributed by atoms with Gasteiger partial charge in [0.05, 0.1) is 16.0 Å². The van der Waals surface area contributed by atoms with Gasteiger partial charge in [-0.3, -0.25) is 14.9 Å². The maximum absolute atomic E-state index is 11.5. The number of benzene rings is 2. The van der Waals surface area contributed by atoms with E-state index in [9.17, 15) is 14.9 Å². The highest BCUT2D eigenvalue weighted by Crippen LogP contribution is 2.33. The fraction of sp³-hybridized carbons (Fsp3) is 0.273. The van der Waals surface area contributed by atoms with Gasteiger partial charge >= 0.3 is 5.69 Å². The molecular weight excluding hydrogens is 384 g/mol. The van der Waals surface area contributed by atoms with Crippen LogP contribution in [0.25, 0.3) is 10.9 Å². The molecule has 3 rings (SSSR count). The van der Waals surface area contributed by atoms with Crippen LogP contribution in [0.2, 0.25) is 0 Å². The quantitative estimate of drug-likeness (QED) is 0.430. The van der Waals surface area contributed by atoms with Crippen LogP contribution in [0.1, 0.15) is 26.3 Å². The van der Waals surface area contributed by atoms with Gasteiger partial charge in [-0.15, -0.1) is 0 Å². The van der Waals surface area contributed by atoms with Crippen LogP contribution in [0.15, 0.2) is 54.7 Å². The van der Waals surface area contributed by atoms with Crippen molar-refractivity contribution in [3.8, 4) is 5.75 Å². The van der Waals surface area contributed by atoms with Crippen molar-refractivity contribution in [3.05, 3.63) is 70.4 Å². The molecule has 30 heavy (non-hydrogen) atoms. The van der Waals surface area contributed by atoms with Crippen molar-refractivity contribution in [1.82, 2.24) is 10.3 Å². The van der Waals surface area contributed by atoms with E-state index in [1.807, 2.05) is 44.2 Å². The van der Waals surface area contributed by atoms with E-state index in [1.165, 1.54) is 13.1 Å². The van der Waals surface area contributed by atoms with E-state index in [0.29, 0.717) is 35.5 Å². The van der Waals surface area contributed by atoms with Crippen molar-refractivity contribution in [3.63, 3.8) is 0 Å². The number of pyridine rings is 1. The lowest BCUT2D eigenvalue weighted by Crippen LogP contribution is -2.47. The number of fused-ring (bicyclic) bond motifs is 1. The van der Waals surface area contributed by atoms with Gasteiger partial charge < -0.3 is 15.4 Å². The van der Waals surface area contributed by atoms with E-state index in [1.54, 1.807) is 18.2 Å². The fourth-order valence-electron chi connectivity index (χ4n) is 3.15. The van der Waals surface area contributed by atoms with Gasteiger partial charge in [-0.05, 0) is 31.5 Å². The fourth-order valence-corrected chi connectivity index (χ4v) is 3.15. The number of hydrogen-bond acceptors (Lipinski definition) is 6. The smallest absolute Gasteiger partial charge is 0.311 e. The van der Waals surface area contributed by atoms with E-state index in [0.717, 1.165) is 5.56 Å². The van der Waals surface area contributed by atoms with E-state index in [2.05, 4.69) is 15.6 Å². The molecule has 0 radical (unpaired) electrons. The van der Waals surface area contributed by atoms with Gasteiger partial charge in [0.1, 0.15) is 24.2 Å². The number of carbonyl (C=O) groups is 1. The zero-order valence-corrected chi connectivity index (χ0v) is 17.1. The van der Waals surface area contributed by atoms with Crippen molar-refractivity contribution >= 4 is 28.2 Å². The molecule has 1 aromatic heterocycles. The van der Waals surface area contributed by atoms with Gasteiger partial charge in [-0.1, -0.05) is 30.3 Å². The summed E-state index contributed by atoms with van der Waals surface area (Å²) >= 11 is 0. The topological polar surface area (TPSA) is 106 Å². The molecule has 3 aromatic rings. The van der Waals surface area contributed by atoms with Crippen molar-refractivity contribution in [2.24, 2.45) is 0 Å². The Balaban J connectivity index is 1.87. The number of anilines is 1. The summed E-state index contributed by atoms with van der Waals surface area (Å²) in [5.74, 6) is 0.452. The minimum absolute atomic E-state index is 0.126. The lowest BCUT2D eigenvalue weighted by molar-refractivity contribution is -0.384. The predicted molar refractivity (Wildman–Crippen MR) is 116 cm³/mol. The molecule has 1 amide bonds. The van der Waals surface area contributed by atoms with Crippen LogP contribution in [-0.4, -0.2) is 27.9 Å². The average Bonchev–Trinajstić information content (AvgIpc) is 2.69. The van der Waals surface area contributed by atoms with Crippen LogP contribution in [0.3, 0.4) is 0 Å². The second-order valence-electron chi connectivity index (χ2n) is 7.65. The van der Waals surface area contributed by atoms with Gasteiger partial charge in [0.2, 0.25) is 5.91 Å². The highest BCUT2D eigenvalue weighted by atomic mass is 16.6. The first-order valence-electron chi connectivity index (χ1n) is 9.52. The van der Waals surface area contributed by atoms with Crippen LogP contribution < -0.4 is 15.4 Å². The second-order valence-corrected chi connectivity index (χ2v) is 7.65. The summed E-state index contributed by atoms with van der Waals surface area (Å²) in [5.41, 5.74) is 1.26. The zero-order valence-electron chi connectivity index (χ0n) is 17.1. The number of carbonyl (C=O) groups excluding carboxylic acids is 1. The van der Waals surface area contributed by atoms with Crippen LogP contribution in [0.5, 0.6) is 5.75 Å². The molecule has 0 bridgehead atoms. The standard InChI is InChI=1S/C22H24N4O4/c1-15(27)25-22(2,3)14-24-21-18-10-9-17(30-13-16-7-5-4-6-8-16)11-19(18)23-12-20(21)26(28)29/h4-12H,13-14H2,1-3H3,(H,23,24)(H,25,27). The van der Waals surface area contributed by atoms with Crippen molar-refractivity contribution < 1.29 is 14.5 Å². The third-order valence-corrected chi connectivity index (χ3v) is 4.49. The predicted octanol–water partition coefficient (Wildman–Crippen LogP) is 4.05. The molecular formula is C22H24N4O4. The van der Waals surface area contributed by atoms with E-state index >= 15 is 0 Å². The Morgan fingerprint density at radius 3 is 2.60 bits per heavy atom. The zero-order chi connectivity index (χ0) is 21.7. The summed E-state index contributed by atoms with van der Waals surface area (Å²) in [4.78, 5) is 26.7. The molecule has 156 valence electrons. The van der Waals surface area contributed by atoms with Gasteiger partial charge in [0.25, 0.3) is 0 Å². The molecule has 0 atom stereocenters. The Kier molecular flexibility index (Phi) is 6.15. The molecule has 8 nitrogen and oxygen atoms in total. The monoisotopic (exact) mass is 408 g/mol. The molecule has 2 N–H and O–H groups in total. The molecule has 0 aliphatic carbocycles. The normalized spacial score (nSPS) is 11.2. The first-order chi connectivity index (χ1) is 14.2. The summed E-state index contributed by atoms with van der Waals surface area (Å²) in [5, 5.41) is 18.1. The molecule has 0 aliphatic heterocycles. The largest absolute Gasteiger partial charge is 0.489 e. The van der Waals surface area contributed by atoms with Crippen LogP contribution in [0, 0.1) is 10.1 Å². The Labute approximate surface area is 174 Å². The van der Waals surface area contributed by atoms with Gasteiger partial charge in [-0.25, -0.2) is 4.98 Å². The summed E-state index contributed by atoms with van der Waals surface area (Å²) in [6, 6.07) is 15.1. The highest BCUT2D eigenvalue weighted by molar-refractivity contribution is 5.96. The van der Waals surface area contributed by atoms with Crippen molar-refractivity contribution in [1.29, 1.82) is 0 Å². The minimum atomic E-state index is -0.589. The minimum Gasteiger partial charge on any atom is -0.489 e. The van der Waals surface area contributed by atoms with E-state index in [4.69, 9.17) is 4.74 Å². The molecule has 0 aliphatic rings. The lowest BCUT2D eigenvalue weighted by atomic mass is 10.0. The number of nitrogens with zero attached hydrogens (tertiary/aromatic N) is 2. The van der Waals surface area contributed by atoms with Crippen LogP contribution in [0.4, 0.5) is 11.4 Å². The number of ether oxygens (including phenoxy) is 1. The van der Waals surface area contributed by atoms with E-state index in [-0.39, 0.29) is 11.6 Å². The first kappa shape index (κ1) is 21.0. The third kappa shape index (κ3) is 5.22. The average molecular weight is 408 g/mol. The Morgan fingerprint density at radius 2 is 1.93 bits per heavy atom. The Morgan fingerprint density at radius 1 is 1.20 bits per heavy atom. The van der Waals surface area contributed by atoms with Crippen LogP contribution in [-0.2, 0) is 11.4 Å². The maximum Gasteiger partial charge on any atom is 0.311 e. The number of hydrogen-bond donors (Lipinski definition) is 2. The second kappa shape index (κ2) is 8.77. The molecule has 0 saturated carbocycles. The number of aromatic nitrogens is 1. The van der Waals surface area contributed by atoms with Gasteiger partial charge in [0, 0.05) is 24.9 Å². The SMILES string of the molecule is CC(=O)NC(C)(C)CNc1c([N+](=O)[O-])cnc2cc(OCc3ccccc3)ccc12. The number of nitrogens with one attached hydrogen (secondary N) is 2. The summed E-state index contributed by atoms with van der Waals surface area (Å²) in [6.07, 6.45) is 1.23. The molecule has 0 spiro atoms. The maximum atomic E-state index is 11.5. The van der Waals surface area contributed by atoms with E-state index < -0.39 is 10.5 Å². The summed E-state index contributed by atoms with van der Waals surface area (Å²) in [7, 11) is 0. The third-order valence-electron chi connectivity index (χ3n) is 4.49. The number of rotatable bonds is 8. The highest BCUT2D eigenvalue weighted by Gasteiger charge is 2.23. The molecule has 2 aromatic carbocycles. The molecule has 0 saturated heterocycles. The molecule has 0 fully saturated rings. The van der Waals surface area contributed by atoms with Crippen molar-refractivity contribution in [2.45, 2.75) is 32.9 Å². The van der Waals surface area contributed by atoms with Crippen molar-refractivity contribution in [2.75, 3.05) is 11.9 Å². The number of amides is 1. The Hall–Kier alpha value is -3.68. The molecule has 1 heterocycles. The van der Waals surface area contributed by atoms with Gasteiger partial charge in [0.15, 0.2) is 0 Å². The molecule has 8 heteroatoms. The summed E-state index contributed by atoms with van der Waals surface area (Å²) < 4.78 is 5.83.